The first-order chi connectivity index (χ1) is 9.88. The van der Waals surface area contributed by atoms with E-state index in [4.69, 9.17) is 4.74 Å². The van der Waals surface area contributed by atoms with Crippen molar-refractivity contribution in [2.75, 3.05) is 0 Å². The summed E-state index contributed by atoms with van der Waals surface area (Å²) in [5.41, 5.74) is 4.32. The zero-order valence-corrected chi connectivity index (χ0v) is 13.1. The fourth-order valence-corrected chi connectivity index (χ4v) is 2.84. The highest BCUT2D eigenvalue weighted by Crippen LogP contribution is 2.44. The lowest BCUT2D eigenvalue weighted by Gasteiger charge is -2.12. The first-order valence-corrected chi connectivity index (χ1v) is 7.47. The van der Waals surface area contributed by atoms with E-state index in [2.05, 4.69) is 37.0 Å². The Morgan fingerprint density at radius 2 is 2.14 bits per heavy atom. The molecular weight excluding hydrogens is 262 g/mol. The fraction of sp³-hybridized carbons (Fsp3) is 0.444. The highest BCUT2D eigenvalue weighted by atomic mass is 16.6. The van der Waals surface area contributed by atoms with Gasteiger partial charge in [-0.25, -0.2) is 0 Å². The molecule has 1 aliphatic heterocycles. The van der Waals surface area contributed by atoms with Crippen LogP contribution < -0.4 is 0 Å². The van der Waals surface area contributed by atoms with E-state index in [0.717, 1.165) is 17.5 Å². The summed E-state index contributed by atoms with van der Waals surface area (Å²) in [6.45, 7) is 8.23. The monoisotopic (exact) mass is 285 g/mol. The van der Waals surface area contributed by atoms with Gasteiger partial charge in [0.15, 0.2) is 0 Å². The average Bonchev–Trinajstić information content (AvgIpc) is 2.86. The summed E-state index contributed by atoms with van der Waals surface area (Å²) in [7, 11) is 0. The number of aromatic amines is 1. The molecule has 0 amide bonds. The Kier molecular flexibility index (Phi) is 3.42. The molecule has 1 aliphatic rings. The topological polar surface area (TPSA) is 48.5 Å². The van der Waals surface area contributed by atoms with Crippen molar-refractivity contribution in [1.82, 2.24) is 4.98 Å². The standard InChI is InChI=1S/C18H23NO2/c1-11(2)5-6-12-9-13(10-15-14(12)7-8-19-15)16(20)17-18(3,4)21-17/h5,7-10,16-17,19-20H,6H2,1-4H3/t16-,17-/m1/s1. The second-order valence-corrected chi connectivity index (χ2v) is 6.69. The molecule has 112 valence electrons. The number of nitrogens with one attached hydrogen (secondary N) is 1. The van der Waals surface area contributed by atoms with Crippen molar-refractivity contribution >= 4 is 10.9 Å². The molecule has 0 aliphatic carbocycles. The molecule has 0 radical (unpaired) electrons. The second-order valence-electron chi connectivity index (χ2n) is 6.69. The number of rotatable bonds is 4. The number of allylic oxidation sites excluding steroid dienone is 2. The molecule has 0 bridgehead atoms. The van der Waals surface area contributed by atoms with Crippen molar-refractivity contribution in [2.45, 2.75) is 51.9 Å². The van der Waals surface area contributed by atoms with Crippen molar-refractivity contribution < 1.29 is 9.84 Å². The predicted molar refractivity (Wildman–Crippen MR) is 85.3 cm³/mol. The number of hydrogen-bond acceptors (Lipinski definition) is 2. The van der Waals surface area contributed by atoms with E-state index in [1.807, 2.05) is 26.1 Å². The molecule has 2 N–H and O–H groups in total. The number of hydrogen-bond donors (Lipinski definition) is 2. The first kappa shape index (κ1) is 14.4. The van der Waals surface area contributed by atoms with Gasteiger partial charge in [0.05, 0.1) is 5.60 Å². The highest BCUT2D eigenvalue weighted by Gasteiger charge is 2.52. The van der Waals surface area contributed by atoms with E-state index < -0.39 is 6.10 Å². The molecule has 3 rings (SSSR count). The largest absolute Gasteiger partial charge is 0.386 e. The molecule has 2 heterocycles. The third-order valence-corrected chi connectivity index (χ3v) is 4.19. The summed E-state index contributed by atoms with van der Waals surface area (Å²) >= 11 is 0. The molecule has 2 aromatic rings. The molecule has 2 atom stereocenters. The van der Waals surface area contributed by atoms with Gasteiger partial charge in [-0.05, 0) is 57.4 Å². The number of aromatic nitrogens is 1. The van der Waals surface area contributed by atoms with Gasteiger partial charge in [0.2, 0.25) is 0 Å². The van der Waals surface area contributed by atoms with Gasteiger partial charge in [-0.3, -0.25) is 0 Å². The smallest absolute Gasteiger partial charge is 0.117 e. The first-order valence-electron chi connectivity index (χ1n) is 7.47. The Bertz CT molecular complexity index is 692. The van der Waals surface area contributed by atoms with Gasteiger partial charge in [-0.2, -0.15) is 0 Å². The number of epoxide rings is 1. The van der Waals surface area contributed by atoms with Crippen molar-refractivity contribution in [1.29, 1.82) is 0 Å². The maximum atomic E-state index is 10.5. The van der Waals surface area contributed by atoms with Gasteiger partial charge in [0.25, 0.3) is 0 Å². The molecule has 3 nitrogen and oxygen atoms in total. The maximum absolute atomic E-state index is 10.5. The van der Waals surface area contributed by atoms with Gasteiger partial charge in [-0.15, -0.1) is 0 Å². The summed E-state index contributed by atoms with van der Waals surface area (Å²) in [6.07, 6.45) is 4.37. The van der Waals surface area contributed by atoms with Crippen LogP contribution in [-0.2, 0) is 11.2 Å². The maximum Gasteiger partial charge on any atom is 0.117 e. The van der Waals surface area contributed by atoms with Gasteiger partial charge >= 0.3 is 0 Å². The zero-order valence-electron chi connectivity index (χ0n) is 13.1. The molecule has 0 spiro atoms. The van der Waals surface area contributed by atoms with Crippen molar-refractivity contribution in [3.8, 4) is 0 Å². The molecule has 0 saturated carbocycles. The number of fused-ring (bicyclic) bond motifs is 1. The van der Waals surface area contributed by atoms with Gasteiger partial charge in [-0.1, -0.05) is 17.7 Å². The number of H-pyrrole nitrogens is 1. The van der Waals surface area contributed by atoms with Crippen LogP contribution in [0.3, 0.4) is 0 Å². The van der Waals surface area contributed by atoms with E-state index in [0.29, 0.717) is 0 Å². The SMILES string of the molecule is CC(C)=CCc1cc([C@@H](O)[C@H]2OC2(C)C)cc2[nH]ccc12. The number of aliphatic hydroxyl groups is 1. The van der Waals surface area contributed by atoms with Crippen LogP contribution in [0.5, 0.6) is 0 Å². The minimum atomic E-state index is -0.571. The molecule has 21 heavy (non-hydrogen) atoms. The van der Waals surface area contributed by atoms with E-state index >= 15 is 0 Å². The third kappa shape index (κ3) is 2.76. The Morgan fingerprint density at radius 3 is 2.76 bits per heavy atom. The van der Waals surface area contributed by atoms with E-state index in [9.17, 15) is 5.11 Å². The fourth-order valence-electron chi connectivity index (χ4n) is 2.84. The lowest BCUT2D eigenvalue weighted by molar-refractivity contribution is 0.136. The van der Waals surface area contributed by atoms with E-state index in [1.54, 1.807) is 0 Å². The van der Waals surface area contributed by atoms with Gasteiger partial charge in [0.1, 0.15) is 12.2 Å². The molecular formula is C18H23NO2. The van der Waals surface area contributed by atoms with E-state index in [1.165, 1.54) is 16.5 Å². The number of benzene rings is 1. The number of aliphatic hydroxyl groups excluding tert-OH is 1. The summed E-state index contributed by atoms with van der Waals surface area (Å²) < 4.78 is 5.58. The quantitative estimate of drug-likeness (QED) is 0.661. The Hall–Kier alpha value is -1.58. The minimum absolute atomic E-state index is 0.110. The van der Waals surface area contributed by atoms with Crippen LogP contribution in [0.2, 0.25) is 0 Å². The summed E-state index contributed by atoms with van der Waals surface area (Å²) in [6, 6.07) is 6.24. The predicted octanol–water partition coefficient (Wildman–Crippen LogP) is 3.89. The Balaban J connectivity index is 1.98. The normalized spacial score (nSPS) is 21.3. The average molecular weight is 285 g/mol. The molecule has 1 fully saturated rings. The summed E-state index contributed by atoms with van der Waals surface area (Å²) in [4.78, 5) is 3.25. The van der Waals surface area contributed by atoms with Crippen LogP contribution in [-0.4, -0.2) is 21.8 Å². The molecule has 3 heteroatoms. The third-order valence-electron chi connectivity index (χ3n) is 4.19. The van der Waals surface area contributed by atoms with Crippen molar-refractivity contribution in [3.05, 3.63) is 47.2 Å². The minimum Gasteiger partial charge on any atom is -0.386 e. The molecule has 1 aromatic carbocycles. The molecule has 1 saturated heterocycles. The van der Waals surface area contributed by atoms with Crippen molar-refractivity contribution in [2.24, 2.45) is 0 Å². The van der Waals surface area contributed by atoms with Gasteiger partial charge < -0.3 is 14.8 Å². The van der Waals surface area contributed by atoms with Crippen LogP contribution in [0.15, 0.2) is 36.0 Å². The highest BCUT2D eigenvalue weighted by molar-refractivity contribution is 5.84. The van der Waals surface area contributed by atoms with Crippen LogP contribution in [0.1, 0.15) is 44.9 Å². The molecule has 0 unspecified atom stereocenters. The second kappa shape index (κ2) is 5.00. The van der Waals surface area contributed by atoms with Crippen LogP contribution in [0.4, 0.5) is 0 Å². The lowest BCUT2D eigenvalue weighted by Crippen LogP contribution is -2.13. The van der Waals surface area contributed by atoms with Gasteiger partial charge in [0, 0.05) is 17.1 Å². The Labute approximate surface area is 125 Å². The summed E-state index contributed by atoms with van der Waals surface area (Å²) in [5.74, 6) is 0. The lowest BCUT2D eigenvalue weighted by atomic mass is 9.95. The Morgan fingerprint density at radius 1 is 1.43 bits per heavy atom. The summed E-state index contributed by atoms with van der Waals surface area (Å²) in [5, 5.41) is 11.8. The van der Waals surface area contributed by atoms with E-state index in [-0.39, 0.29) is 11.7 Å². The number of ether oxygens (including phenoxy) is 1. The van der Waals surface area contributed by atoms with Crippen LogP contribution in [0.25, 0.3) is 10.9 Å². The van der Waals surface area contributed by atoms with Crippen LogP contribution in [0, 0.1) is 0 Å². The van der Waals surface area contributed by atoms with Crippen LogP contribution >= 0.6 is 0 Å². The molecule has 1 aromatic heterocycles. The zero-order chi connectivity index (χ0) is 15.2. The van der Waals surface area contributed by atoms with Crippen molar-refractivity contribution in [3.63, 3.8) is 0 Å².